The number of aromatic nitrogens is 1. The number of rotatable bonds is 5. The molecule has 0 saturated heterocycles. The van der Waals surface area contributed by atoms with E-state index >= 15 is 0 Å². The summed E-state index contributed by atoms with van der Waals surface area (Å²) in [6, 6.07) is 9.18. The molecule has 0 spiro atoms. The number of anilines is 1. The molecule has 0 aliphatic carbocycles. The highest BCUT2D eigenvalue weighted by Gasteiger charge is 2.14. The van der Waals surface area contributed by atoms with Gasteiger partial charge in [-0.3, -0.25) is 0 Å². The van der Waals surface area contributed by atoms with Crippen LogP contribution in [0, 0.1) is 11.3 Å². The Balaban J connectivity index is 2.05. The summed E-state index contributed by atoms with van der Waals surface area (Å²) in [5.74, 6) is 2.23. The van der Waals surface area contributed by atoms with Crippen molar-refractivity contribution in [3.05, 3.63) is 35.9 Å². The zero-order valence-electron chi connectivity index (χ0n) is 11.6. The first-order valence-corrected chi connectivity index (χ1v) is 5.98. The van der Waals surface area contributed by atoms with Crippen molar-refractivity contribution >= 4 is 5.88 Å². The molecule has 0 atom stereocenters. The Morgan fingerprint density at radius 3 is 2.40 bits per heavy atom. The highest BCUT2D eigenvalue weighted by molar-refractivity contribution is 5.46. The van der Waals surface area contributed by atoms with Gasteiger partial charge in [0.15, 0.2) is 6.61 Å². The van der Waals surface area contributed by atoms with E-state index in [4.69, 9.17) is 19.2 Å². The fraction of sp³-hybridized carbons (Fsp3) is 0.286. The molecule has 0 fully saturated rings. The topological polar surface area (TPSA) is 71.5 Å². The SMILES string of the molecule is COc1ccc(OCc2nc(C#N)c(N(C)C)o2)cc1. The largest absolute Gasteiger partial charge is 0.497 e. The van der Waals surface area contributed by atoms with Crippen molar-refractivity contribution < 1.29 is 13.9 Å². The Hall–Kier alpha value is -2.68. The number of methoxy groups -OCH3 is 1. The Kier molecular flexibility index (Phi) is 4.11. The minimum Gasteiger partial charge on any atom is -0.497 e. The number of oxazole rings is 1. The zero-order chi connectivity index (χ0) is 14.5. The van der Waals surface area contributed by atoms with Gasteiger partial charge in [-0.15, -0.1) is 0 Å². The van der Waals surface area contributed by atoms with Gasteiger partial charge in [0, 0.05) is 14.1 Å². The number of nitrogens with zero attached hydrogens (tertiary/aromatic N) is 3. The quantitative estimate of drug-likeness (QED) is 0.831. The lowest BCUT2D eigenvalue weighted by Gasteiger charge is -2.07. The van der Waals surface area contributed by atoms with E-state index in [2.05, 4.69) is 4.98 Å². The van der Waals surface area contributed by atoms with Crippen molar-refractivity contribution in [1.29, 1.82) is 5.26 Å². The molecule has 6 heteroatoms. The van der Waals surface area contributed by atoms with Crippen LogP contribution in [-0.2, 0) is 6.61 Å². The van der Waals surface area contributed by atoms with Gasteiger partial charge in [-0.2, -0.15) is 10.2 Å². The first-order chi connectivity index (χ1) is 9.63. The third-order valence-electron chi connectivity index (χ3n) is 2.59. The zero-order valence-corrected chi connectivity index (χ0v) is 11.6. The van der Waals surface area contributed by atoms with Crippen molar-refractivity contribution in [3.8, 4) is 17.6 Å². The lowest BCUT2D eigenvalue weighted by atomic mass is 10.3. The van der Waals surface area contributed by atoms with E-state index in [1.54, 1.807) is 50.4 Å². The summed E-state index contributed by atoms with van der Waals surface area (Å²) < 4.78 is 16.1. The molecule has 1 aromatic carbocycles. The molecule has 1 aromatic heterocycles. The second-order valence-corrected chi connectivity index (χ2v) is 4.23. The molecule has 0 amide bonds. The monoisotopic (exact) mass is 273 g/mol. The third-order valence-corrected chi connectivity index (χ3v) is 2.59. The van der Waals surface area contributed by atoms with Gasteiger partial charge in [0.2, 0.25) is 17.5 Å². The van der Waals surface area contributed by atoms with E-state index in [1.807, 2.05) is 6.07 Å². The first-order valence-electron chi connectivity index (χ1n) is 5.98. The van der Waals surface area contributed by atoms with Crippen LogP contribution in [0.25, 0.3) is 0 Å². The maximum absolute atomic E-state index is 8.97. The van der Waals surface area contributed by atoms with Crippen molar-refractivity contribution in [1.82, 2.24) is 4.98 Å². The van der Waals surface area contributed by atoms with Gasteiger partial charge in [-0.1, -0.05) is 0 Å². The van der Waals surface area contributed by atoms with E-state index in [0.717, 1.165) is 5.75 Å². The summed E-state index contributed by atoms with van der Waals surface area (Å²) in [5, 5.41) is 8.97. The van der Waals surface area contributed by atoms with Crippen LogP contribution in [0.1, 0.15) is 11.6 Å². The highest BCUT2D eigenvalue weighted by atomic mass is 16.5. The lowest BCUT2D eigenvalue weighted by Crippen LogP contribution is -2.08. The summed E-state index contributed by atoms with van der Waals surface area (Å²) >= 11 is 0. The molecule has 2 rings (SSSR count). The molecule has 20 heavy (non-hydrogen) atoms. The van der Waals surface area contributed by atoms with E-state index < -0.39 is 0 Å². The van der Waals surface area contributed by atoms with Gasteiger partial charge in [-0.05, 0) is 24.3 Å². The fourth-order valence-corrected chi connectivity index (χ4v) is 1.61. The van der Waals surface area contributed by atoms with Crippen LogP contribution >= 0.6 is 0 Å². The molecular weight excluding hydrogens is 258 g/mol. The second-order valence-electron chi connectivity index (χ2n) is 4.23. The predicted molar refractivity (Wildman–Crippen MR) is 72.9 cm³/mol. The number of hydrogen-bond acceptors (Lipinski definition) is 6. The van der Waals surface area contributed by atoms with Gasteiger partial charge in [-0.25, -0.2) is 0 Å². The number of ether oxygens (including phenoxy) is 2. The minimum absolute atomic E-state index is 0.162. The molecule has 2 aromatic rings. The molecule has 0 bridgehead atoms. The van der Waals surface area contributed by atoms with Crippen LogP contribution in [0.4, 0.5) is 5.88 Å². The average Bonchev–Trinajstić information content (AvgIpc) is 2.89. The molecule has 104 valence electrons. The van der Waals surface area contributed by atoms with Crippen molar-refractivity contribution in [3.63, 3.8) is 0 Å². The molecular formula is C14H15N3O3. The van der Waals surface area contributed by atoms with Crippen molar-refractivity contribution in [2.24, 2.45) is 0 Å². The Labute approximate surface area is 117 Å². The summed E-state index contributed by atoms with van der Waals surface area (Å²) in [5.41, 5.74) is 0.253. The van der Waals surface area contributed by atoms with Crippen LogP contribution in [0.3, 0.4) is 0 Å². The molecule has 0 aliphatic heterocycles. The van der Waals surface area contributed by atoms with Gasteiger partial charge in [0.25, 0.3) is 0 Å². The summed E-state index contributed by atoms with van der Waals surface area (Å²) in [7, 11) is 5.18. The van der Waals surface area contributed by atoms with Crippen LogP contribution < -0.4 is 14.4 Å². The fourth-order valence-electron chi connectivity index (χ4n) is 1.61. The summed E-state index contributed by atoms with van der Waals surface area (Å²) in [4.78, 5) is 5.78. The van der Waals surface area contributed by atoms with E-state index in [-0.39, 0.29) is 12.3 Å². The van der Waals surface area contributed by atoms with Crippen molar-refractivity contribution in [2.75, 3.05) is 26.1 Å². The average molecular weight is 273 g/mol. The van der Waals surface area contributed by atoms with Crippen molar-refractivity contribution in [2.45, 2.75) is 6.61 Å². The van der Waals surface area contributed by atoms with Crippen LogP contribution in [0.2, 0.25) is 0 Å². The van der Waals surface area contributed by atoms with E-state index in [0.29, 0.717) is 17.5 Å². The van der Waals surface area contributed by atoms with Gasteiger partial charge in [0.05, 0.1) is 7.11 Å². The van der Waals surface area contributed by atoms with Crippen LogP contribution in [0.5, 0.6) is 11.5 Å². The Morgan fingerprint density at radius 2 is 1.90 bits per heavy atom. The van der Waals surface area contributed by atoms with Gasteiger partial charge < -0.3 is 18.8 Å². The third kappa shape index (κ3) is 3.01. The van der Waals surface area contributed by atoms with Gasteiger partial charge >= 0.3 is 0 Å². The van der Waals surface area contributed by atoms with E-state index in [1.165, 1.54) is 0 Å². The normalized spacial score (nSPS) is 9.90. The number of nitriles is 1. The summed E-state index contributed by atoms with van der Waals surface area (Å²) in [6.07, 6.45) is 0. The van der Waals surface area contributed by atoms with Gasteiger partial charge in [0.1, 0.15) is 17.6 Å². The second kappa shape index (κ2) is 5.97. The molecule has 0 unspecified atom stereocenters. The van der Waals surface area contributed by atoms with Crippen LogP contribution in [-0.4, -0.2) is 26.2 Å². The number of benzene rings is 1. The standard InChI is InChI=1S/C14H15N3O3/c1-17(2)14-12(8-15)16-13(20-14)9-19-11-6-4-10(18-3)5-7-11/h4-7H,9H2,1-3H3. The maximum Gasteiger partial charge on any atom is 0.236 e. The lowest BCUT2D eigenvalue weighted by molar-refractivity contribution is 0.263. The Bertz CT molecular complexity index is 612. The molecule has 0 N–H and O–H groups in total. The number of hydrogen-bond donors (Lipinski definition) is 0. The first kappa shape index (κ1) is 13.7. The molecule has 6 nitrogen and oxygen atoms in total. The Morgan fingerprint density at radius 1 is 1.25 bits per heavy atom. The molecule has 1 heterocycles. The molecule has 0 aliphatic rings. The molecule has 0 saturated carbocycles. The smallest absolute Gasteiger partial charge is 0.236 e. The van der Waals surface area contributed by atoms with E-state index in [9.17, 15) is 0 Å². The summed E-state index contributed by atoms with van der Waals surface area (Å²) in [6.45, 7) is 0.162. The predicted octanol–water partition coefficient (Wildman–Crippen LogP) is 2.20. The highest BCUT2D eigenvalue weighted by Crippen LogP contribution is 2.21. The van der Waals surface area contributed by atoms with Crippen LogP contribution in [0.15, 0.2) is 28.7 Å². The minimum atomic E-state index is 0.162. The molecule has 0 radical (unpaired) electrons. The maximum atomic E-state index is 8.97.